The third-order valence-corrected chi connectivity index (χ3v) is 6.59. The SMILES string of the molecule is CSc1cccc(N2CC(C(=O)OC(C)C(=O)Nc3ccc(S(N)(=O)=O)cc3)CC2=O)c1. The Morgan fingerprint density at radius 1 is 1.22 bits per heavy atom. The number of esters is 1. The average molecular weight is 478 g/mol. The number of nitrogens with zero attached hydrogens (tertiary/aromatic N) is 1. The monoisotopic (exact) mass is 477 g/mol. The molecule has 32 heavy (non-hydrogen) atoms. The van der Waals surface area contributed by atoms with Crippen molar-refractivity contribution in [2.75, 3.05) is 23.0 Å². The normalized spacial score (nSPS) is 17.2. The van der Waals surface area contributed by atoms with Gasteiger partial charge in [-0.15, -0.1) is 11.8 Å². The first-order chi connectivity index (χ1) is 15.1. The Labute approximate surface area is 190 Å². The van der Waals surface area contributed by atoms with Crippen molar-refractivity contribution in [2.45, 2.75) is 29.2 Å². The molecule has 1 heterocycles. The van der Waals surface area contributed by atoms with E-state index in [0.717, 1.165) is 4.90 Å². The molecule has 3 rings (SSSR count). The van der Waals surface area contributed by atoms with Gasteiger partial charge in [0.05, 0.1) is 10.8 Å². The van der Waals surface area contributed by atoms with E-state index in [2.05, 4.69) is 5.32 Å². The van der Waals surface area contributed by atoms with Crippen molar-refractivity contribution >= 4 is 50.9 Å². The maximum atomic E-state index is 12.5. The van der Waals surface area contributed by atoms with Gasteiger partial charge in [-0.2, -0.15) is 0 Å². The third kappa shape index (κ3) is 5.67. The molecule has 0 aliphatic carbocycles. The smallest absolute Gasteiger partial charge is 0.312 e. The number of hydrogen-bond donors (Lipinski definition) is 2. The van der Waals surface area contributed by atoms with Crippen LogP contribution in [0.15, 0.2) is 58.3 Å². The minimum absolute atomic E-state index is 0.00565. The molecule has 9 nitrogen and oxygen atoms in total. The van der Waals surface area contributed by atoms with Gasteiger partial charge >= 0.3 is 5.97 Å². The topological polar surface area (TPSA) is 136 Å². The van der Waals surface area contributed by atoms with E-state index >= 15 is 0 Å². The van der Waals surface area contributed by atoms with Crippen LogP contribution in [-0.2, 0) is 29.1 Å². The van der Waals surface area contributed by atoms with E-state index in [1.807, 2.05) is 30.5 Å². The first kappa shape index (κ1) is 23.8. The van der Waals surface area contributed by atoms with Gasteiger partial charge in [0.1, 0.15) is 0 Å². The predicted molar refractivity (Wildman–Crippen MR) is 121 cm³/mol. The van der Waals surface area contributed by atoms with E-state index in [-0.39, 0.29) is 23.8 Å². The second kappa shape index (κ2) is 9.72. The summed E-state index contributed by atoms with van der Waals surface area (Å²) in [5, 5.41) is 7.58. The highest BCUT2D eigenvalue weighted by molar-refractivity contribution is 7.98. The summed E-state index contributed by atoms with van der Waals surface area (Å²) in [6.07, 6.45) is 0.835. The molecule has 2 amide bonds. The lowest BCUT2D eigenvalue weighted by atomic mass is 10.1. The number of sulfonamides is 1. The quantitative estimate of drug-likeness (QED) is 0.460. The zero-order valence-corrected chi connectivity index (χ0v) is 19.1. The van der Waals surface area contributed by atoms with Crippen molar-refractivity contribution < 1.29 is 27.5 Å². The van der Waals surface area contributed by atoms with Crippen molar-refractivity contribution in [1.29, 1.82) is 0 Å². The number of ether oxygens (including phenoxy) is 1. The Morgan fingerprint density at radius 3 is 2.53 bits per heavy atom. The van der Waals surface area contributed by atoms with Crippen LogP contribution in [0.4, 0.5) is 11.4 Å². The fraction of sp³-hybridized carbons (Fsp3) is 0.286. The van der Waals surface area contributed by atoms with Gasteiger partial charge in [0, 0.05) is 29.2 Å². The second-order valence-corrected chi connectivity index (χ2v) is 9.69. The Hall–Kier alpha value is -2.89. The van der Waals surface area contributed by atoms with Gasteiger partial charge < -0.3 is 15.0 Å². The molecule has 0 spiro atoms. The molecule has 3 N–H and O–H groups in total. The second-order valence-electron chi connectivity index (χ2n) is 7.24. The number of benzene rings is 2. The number of amides is 2. The number of nitrogens with one attached hydrogen (secondary N) is 1. The molecule has 1 saturated heterocycles. The van der Waals surface area contributed by atoms with Crippen molar-refractivity contribution in [1.82, 2.24) is 0 Å². The van der Waals surface area contributed by atoms with Crippen LogP contribution in [-0.4, -0.2) is 45.1 Å². The van der Waals surface area contributed by atoms with Crippen LogP contribution in [0.25, 0.3) is 0 Å². The number of thioether (sulfide) groups is 1. The molecule has 1 fully saturated rings. The van der Waals surface area contributed by atoms with E-state index in [9.17, 15) is 22.8 Å². The molecule has 170 valence electrons. The summed E-state index contributed by atoms with van der Waals surface area (Å²) < 4.78 is 27.9. The third-order valence-electron chi connectivity index (χ3n) is 4.94. The van der Waals surface area contributed by atoms with E-state index < -0.39 is 33.9 Å². The molecule has 0 bridgehead atoms. The van der Waals surface area contributed by atoms with Crippen LogP contribution < -0.4 is 15.4 Å². The molecule has 2 aromatic rings. The molecule has 1 aliphatic rings. The van der Waals surface area contributed by atoms with E-state index in [4.69, 9.17) is 9.88 Å². The molecular weight excluding hydrogens is 454 g/mol. The van der Waals surface area contributed by atoms with Crippen LogP contribution >= 0.6 is 11.8 Å². The number of primary sulfonamides is 1. The average Bonchev–Trinajstić information content (AvgIpc) is 3.15. The van der Waals surface area contributed by atoms with Gasteiger partial charge in [0.25, 0.3) is 5.91 Å². The number of nitrogens with two attached hydrogens (primary N) is 1. The van der Waals surface area contributed by atoms with Gasteiger partial charge in [0.2, 0.25) is 15.9 Å². The highest BCUT2D eigenvalue weighted by atomic mass is 32.2. The highest BCUT2D eigenvalue weighted by Gasteiger charge is 2.37. The zero-order chi connectivity index (χ0) is 23.5. The standard InChI is InChI=1S/C21H23N3O6S2/c1-13(20(26)23-15-6-8-18(9-7-15)32(22,28)29)30-21(27)14-10-19(25)24(12-14)16-4-3-5-17(11-16)31-2/h3-9,11,13-14H,10,12H2,1-2H3,(H,23,26)(H2,22,28,29). The molecule has 2 aromatic carbocycles. The highest BCUT2D eigenvalue weighted by Crippen LogP contribution is 2.29. The molecule has 2 atom stereocenters. The van der Waals surface area contributed by atoms with Crippen LogP contribution in [0.1, 0.15) is 13.3 Å². The van der Waals surface area contributed by atoms with Gasteiger partial charge in [-0.1, -0.05) is 6.07 Å². The van der Waals surface area contributed by atoms with Gasteiger partial charge in [0.15, 0.2) is 6.10 Å². The lowest BCUT2D eigenvalue weighted by molar-refractivity contribution is -0.157. The molecule has 0 radical (unpaired) electrons. The molecule has 1 aliphatic heterocycles. The van der Waals surface area contributed by atoms with Crippen molar-refractivity contribution in [3.8, 4) is 0 Å². The molecule has 0 saturated carbocycles. The Kier molecular flexibility index (Phi) is 7.22. The summed E-state index contributed by atoms with van der Waals surface area (Å²) >= 11 is 1.55. The van der Waals surface area contributed by atoms with Gasteiger partial charge in [-0.25, -0.2) is 13.6 Å². The summed E-state index contributed by atoms with van der Waals surface area (Å²) in [7, 11) is -3.84. The van der Waals surface area contributed by atoms with Gasteiger partial charge in [-0.05, 0) is 55.6 Å². The van der Waals surface area contributed by atoms with Crippen LogP contribution in [0.2, 0.25) is 0 Å². The molecule has 0 aromatic heterocycles. The van der Waals surface area contributed by atoms with E-state index in [0.29, 0.717) is 11.4 Å². The van der Waals surface area contributed by atoms with E-state index in [1.165, 1.54) is 31.2 Å². The Morgan fingerprint density at radius 2 is 1.91 bits per heavy atom. The fourth-order valence-electron chi connectivity index (χ4n) is 3.19. The Balaban J connectivity index is 1.58. The number of anilines is 2. The number of carbonyl (C=O) groups excluding carboxylic acids is 3. The zero-order valence-electron chi connectivity index (χ0n) is 17.5. The van der Waals surface area contributed by atoms with Crippen LogP contribution in [0.5, 0.6) is 0 Å². The van der Waals surface area contributed by atoms with Crippen molar-refractivity contribution in [3.63, 3.8) is 0 Å². The minimum atomic E-state index is -3.84. The largest absolute Gasteiger partial charge is 0.452 e. The lowest BCUT2D eigenvalue weighted by Crippen LogP contribution is -2.33. The van der Waals surface area contributed by atoms with E-state index in [1.54, 1.807) is 16.7 Å². The molecule has 11 heteroatoms. The Bertz CT molecular complexity index is 1130. The number of rotatable bonds is 7. The maximum Gasteiger partial charge on any atom is 0.312 e. The first-order valence-electron chi connectivity index (χ1n) is 9.67. The van der Waals surface area contributed by atoms with Crippen molar-refractivity contribution in [3.05, 3.63) is 48.5 Å². The van der Waals surface area contributed by atoms with Crippen LogP contribution in [0, 0.1) is 5.92 Å². The molecule has 2 unspecified atom stereocenters. The molecular formula is C21H23N3O6S2. The van der Waals surface area contributed by atoms with Crippen molar-refractivity contribution in [2.24, 2.45) is 11.1 Å². The summed E-state index contributed by atoms with van der Waals surface area (Å²) in [5.41, 5.74) is 1.03. The van der Waals surface area contributed by atoms with Crippen LogP contribution in [0.3, 0.4) is 0 Å². The first-order valence-corrected chi connectivity index (χ1v) is 12.4. The maximum absolute atomic E-state index is 12.5. The summed E-state index contributed by atoms with van der Waals surface area (Å²) in [6.45, 7) is 1.60. The predicted octanol–water partition coefficient (Wildman–Crippen LogP) is 1.98. The fourth-order valence-corrected chi connectivity index (χ4v) is 4.16. The summed E-state index contributed by atoms with van der Waals surface area (Å²) in [4.78, 5) is 39.8. The summed E-state index contributed by atoms with van der Waals surface area (Å²) in [5.74, 6) is -2.08. The van der Waals surface area contributed by atoms with Gasteiger partial charge in [-0.3, -0.25) is 14.4 Å². The number of hydrogen-bond acceptors (Lipinski definition) is 7. The number of carbonyl (C=O) groups is 3. The minimum Gasteiger partial charge on any atom is -0.452 e. The lowest BCUT2D eigenvalue weighted by Gasteiger charge is -2.18. The summed E-state index contributed by atoms with van der Waals surface area (Å²) in [6, 6.07) is 12.7.